The number of hydrogen-bond donors (Lipinski definition) is 1. The van der Waals surface area contributed by atoms with Crippen molar-refractivity contribution in [2.45, 2.75) is 31.0 Å². The summed E-state index contributed by atoms with van der Waals surface area (Å²) in [5.74, 6) is -1.20. The minimum atomic E-state index is -0.893. The van der Waals surface area contributed by atoms with Gasteiger partial charge in [-0.3, -0.25) is 9.59 Å². The summed E-state index contributed by atoms with van der Waals surface area (Å²) in [6, 6.07) is 0. The van der Waals surface area contributed by atoms with Crippen LogP contribution in [0.3, 0.4) is 0 Å². The van der Waals surface area contributed by atoms with Crippen molar-refractivity contribution in [1.29, 1.82) is 0 Å². The lowest BCUT2D eigenvalue weighted by Crippen LogP contribution is -2.44. The second-order valence-corrected chi connectivity index (χ2v) is 4.66. The van der Waals surface area contributed by atoms with E-state index < -0.39 is 17.0 Å². The van der Waals surface area contributed by atoms with E-state index in [-0.39, 0.29) is 25.1 Å². The first-order chi connectivity index (χ1) is 7.58. The fourth-order valence-electron chi connectivity index (χ4n) is 3.03. The summed E-state index contributed by atoms with van der Waals surface area (Å²) >= 11 is 0. The van der Waals surface area contributed by atoms with Crippen LogP contribution in [0, 0.1) is 5.41 Å². The van der Waals surface area contributed by atoms with E-state index in [1.54, 1.807) is 0 Å². The van der Waals surface area contributed by atoms with Gasteiger partial charge in [0.05, 0.1) is 6.10 Å². The molecule has 0 radical (unpaired) electrons. The molecule has 0 amide bonds. The molecule has 3 aliphatic rings. The maximum atomic E-state index is 11.8. The van der Waals surface area contributed by atoms with Gasteiger partial charge in [0.1, 0.15) is 17.6 Å². The molecule has 1 unspecified atom stereocenters. The fourth-order valence-corrected chi connectivity index (χ4v) is 3.03. The Morgan fingerprint density at radius 3 is 3.12 bits per heavy atom. The third kappa shape index (κ3) is 0.988. The normalized spacial score (nSPS) is 43.5. The zero-order chi connectivity index (χ0) is 11.4. The third-order valence-corrected chi connectivity index (χ3v) is 3.88. The van der Waals surface area contributed by atoms with Crippen LogP contribution >= 0.6 is 0 Å². The summed E-state index contributed by atoms with van der Waals surface area (Å²) in [6.45, 7) is 0.221. The molecule has 1 N–H and O–H groups in total. The lowest BCUT2D eigenvalue weighted by Gasteiger charge is -2.31. The highest BCUT2D eigenvalue weighted by Crippen LogP contribution is 2.58. The predicted octanol–water partition coefficient (Wildman–Crippen LogP) is 0.492. The molecule has 0 saturated carbocycles. The molecule has 3 atom stereocenters. The number of cyclic esters (lactones) is 1. The average Bonchev–Trinajstić information content (AvgIpc) is 2.85. The molecule has 5 heteroatoms. The topological polar surface area (TPSA) is 72.8 Å². The summed E-state index contributed by atoms with van der Waals surface area (Å²) in [4.78, 5) is 22.5. The third-order valence-electron chi connectivity index (χ3n) is 3.88. The van der Waals surface area contributed by atoms with E-state index in [4.69, 9.17) is 14.6 Å². The Morgan fingerprint density at radius 2 is 2.44 bits per heavy atom. The SMILES string of the molecule is O=C(O)CCC12C[C@@H]3C=C[C@@]1(COC2=O)O3. The van der Waals surface area contributed by atoms with Gasteiger partial charge in [0.25, 0.3) is 0 Å². The van der Waals surface area contributed by atoms with Gasteiger partial charge in [-0.25, -0.2) is 0 Å². The number of rotatable bonds is 3. The molecule has 0 aromatic heterocycles. The zero-order valence-electron chi connectivity index (χ0n) is 8.64. The van der Waals surface area contributed by atoms with Crippen molar-refractivity contribution in [1.82, 2.24) is 0 Å². The van der Waals surface area contributed by atoms with Crippen LogP contribution in [0.5, 0.6) is 0 Å². The number of carboxylic acid groups (broad SMARTS) is 1. The number of carbonyl (C=O) groups excluding carboxylic acids is 1. The molecular weight excluding hydrogens is 212 g/mol. The van der Waals surface area contributed by atoms with Gasteiger partial charge >= 0.3 is 11.9 Å². The zero-order valence-corrected chi connectivity index (χ0v) is 8.64. The highest BCUT2D eigenvalue weighted by atomic mass is 16.6. The van der Waals surface area contributed by atoms with Gasteiger partial charge in [0, 0.05) is 6.42 Å². The van der Waals surface area contributed by atoms with Crippen LogP contribution < -0.4 is 0 Å². The molecule has 3 heterocycles. The van der Waals surface area contributed by atoms with E-state index >= 15 is 0 Å². The highest BCUT2D eigenvalue weighted by Gasteiger charge is 2.69. The largest absolute Gasteiger partial charge is 0.481 e. The van der Waals surface area contributed by atoms with Crippen molar-refractivity contribution < 1.29 is 24.2 Å². The number of hydrogen-bond acceptors (Lipinski definition) is 4. The lowest BCUT2D eigenvalue weighted by molar-refractivity contribution is -0.147. The van der Waals surface area contributed by atoms with E-state index in [0.717, 1.165) is 0 Å². The van der Waals surface area contributed by atoms with Gasteiger partial charge in [-0.2, -0.15) is 0 Å². The van der Waals surface area contributed by atoms with Gasteiger partial charge in [-0.15, -0.1) is 0 Å². The Bertz CT molecular complexity index is 401. The molecule has 16 heavy (non-hydrogen) atoms. The Labute approximate surface area is 92.0 Å². The van der Waals surface area contributed by atoms with Crippen molar-refractivity contribution in [3.63, 3.8) is 0 Å². The molecule has 1 spiro atoms. The van der Waals surface area contributed by atoms with E-state index in [9.17, 15) is 9.59 Å². The van der Waals surface area contributed by atoms with E-state index in [0.29, 0.717) is 12.8 Å². The summed E-state index contributed by atoms with van der Waals surface area (Å²) in [7, 11) is 0. The van der Waals surface area contributed by atoms with Crippen LogP contribution in [-0.2, 0) is 19.1 Å². The second-order valence-electron chi connectivity index (χ2n) is 4.66. The van der Waals surface area contributed by atoms with Crippen LogP contribution in [0.1, 0.15) is 19.3 Å². The lowest BCUT2D eigenvalue weighted by atomic mass is 9.67. The number of ether oxygens (including phenoxy) is 2. The number of esters is 1. The first-order valence-corrected chi connectivity index (χ1v) is 5.34. The molecule has 86 valence electrons. The second kappa shape index (κ2) is 2.85. The fraction of sp³-hybridized carbons (Fsp3) is 0.636. The van der Waals surface area contributed by atoms with Gasteiger partial charge in [0.15, 0.2) is 0 Å². The monoisotopic (exact) mass is 224 g/mol. The molecule has 0 aromatic carbocycles. The van der Waals surface area contributed by atoms with Gasteiger partial charge < -0.3 is 14.6 Å². The molecule has 3 aliphatic heterocycles. The van der Waals surface area contributed by atoms with Gasteiger partial charge in [-0.1, -0.05) is 6.08 Å². The molecule has 0 aromatic rings. The number of carboxylic acids is 1. The van der Waals surface area contributed by atoms with Gasteiger partial charge in [-0.05, 0) is 18.9 Å². The Kier molecular flexibility index (Phi) is 1.75. The van der Waals surface area contributed by atoms with Crippen LogP contribution in [0.15, 0.2) is 12.2 Å². The average molecular weight is 224 g/mol. The van der Waals surface area contributed by atoms with Crippen LogP contribution in [0.4, 0.5) is 0 Å². The van der Waals surface area contributed by atoms with Crippen molar-refractivity contribution in [2.75, 3.05) is 6.61 Å². The van der Waals surface area contributed by atoms with E-state index in [1.165, 1.54) is 0 Å². The van der Waals surface area contributed by atoms with Crippen molar-refractivity contribution in [3.05, 3.63) is 12.2 Å². The molecule has 2 bridgehead atoms. The quantitative estimate of drug-likeness (QED) is 0.558. The molecule has 2 saturated heterocycles. The molecular formula is C11H12O5. The maximum Gasteiger partial charge on any atom is 0.315 e. The predicted molar refractivity (Wildman–Crippen MR) is 51.6 cm³/mol. The Hall–Kier alpha value is -1.36. The van der Waals surface area contributed by atoms with E-state index in [1.807, 2.05) is 12.2 Å². The Balaban J connectivity index is 1.94. The van der Waals surface area contributed by atoms with Crippen molar-refractivity contribution >= 4 is 11.9 Å². The smallest absolute Gasteiger partial charge is 0.315 e. The Morgan fingerprint density at radius 1 is 1.62 bits per heavy atom. The van der Waals surface area contributed by atoms with Crippen molar-refractivity contribution in [2.24, 2.45) is 5.41 Å². The first-order valence-electron chi connectivity index (χ1n) is 5.34. The van der Waals surface area contributed by atoms with Crippen molar-refractivity contribution in [3.8, 4) is 0 Å². The van der Waals surface area contributed by atoms with Crippen LogP contribution in [0.25, 0.3) is 0 Å². The standard InChI is InChI=1S/C11H12O5/c12-8(13)2-3-10-5-7-1-4-11(10,16-7)6-15-9(10)14/h1,4,7H,2-3,5-6H2,(H,12,13)/t7-,10?,11-/m0/s1. The molecule has 2 fully saturated rings. The summed E-state index contributed by atoms with van der Waals surface area (Å²) < 4.78 is 10.8. The van der Waals surface area contributed by atoms with E-state index in [2.05, 4.69) is 0 Å². The number of fused-ring (bicyclic) bond motifs is 1. The van der Waals surface area contributed by atoms with Crippen LogP contribution in [0.2, 0.25) is 0 Å². The summed E-state index contributed by atoms with van der Waals surface area (Å²) in [5.41, 5.74) is -1.45. The minimum Gasteiger partial charge on any atom is -0.481 e. The van der Waals surface area contributed by atoms with Crippen LogP contribution in [-0.4, -0.2) is 35.4 Å². The van der Waals surface area contributed by atoms with Gasteiger partial charge in [0.2, 0.25) is 0 Å². The number of aliphatic carboxylic acids is 1. The highest BCUT2D eigenvalue weighted by molar-refractivity contribution is 5.83. The molecule has 5 nitrogen and oxygen atoms in total. The number of carbonyl (C=O) groups is 2. The maximum absolute atomic E-state index is 11.8. The minimum absolute atomic E-state index is 0.0270. The first kappa shape index (κ1) is 9.84. The molecule has 3 rings (SSSR count). The summed E-state index contributed by atoms with van der Waals surface area (Å²) in [5, 5.41) is 8.73. The summed E-state index contributed by atoms with van der Waals surface area (Å²) in [6.07, 6.45) is 4.56. The molecule has 0 aliphatic carbocycles.